The number of carbonyl (C=O) groups is 1. The fourth-order valence-corrected chi connectivity index (χ4v) is 3.41. The molecule has 1 fully saturated rings. The van der Waals surface area contributed by atoms with E-state index >= 15 is 0 Å². The molecule has 0 spiro atoms. The quantitative estimate of drug-likeness (QED) is 0.650. The van der Waals surface area contributed by atoms with Gasteiger partial charge in [-0.2, -0.15) is 4.98 Å². The van der Waals surface area contributed by atoms with Crippen molar-refractivity contribution in [2.45, 2.75) is 45.1 Å². The summed E-state index contributed by atoms with van der Waals surface area (Å²) in [5.74, 6) is 1.28. The van der Waals surface area contributed by atoms with Crippen LogP contribution in [0.25, 0.3) is 22.8 Å². The van der Waals surface area contributed by atoms with Crippen molar-refractivity contribution < 1.29 is 14.1 Å². The number of rotatable bonds is 3. The molecule has 0 N–H and O–H groups in total. The summed E-state index contributed by atoms with van der Waals surface area (Å²) in [6.07, 6.45) is 6.62. The van der Waals surface area contributed by atoms with Gasteiger partial charge in [0.25, 0.3) is 5.89 Å². The lowest BCUT2D eigenvalue weighted by Gasteiger charge is -2.32. The van der Waals surface area contributed by atoms with E-state index in [0.717, 1.165) is 29.8 Å². The zero-order valence-electron chi connectivity index (χ0n) is 17.7. The lowest BCUT2D eigenvalue weighted by molar-refractivity contribution is 0.0203. The first kappa shape index (κ1) is 20.1. The Morgan fingerprint density at radius 1 is 1.20 bits per heavy atom. The van der Waals surface area contributed by atoms with Gasteiger partial charge in [0.1, 0.15) is 11.3 Å². The molecule has 3 aromatic heterocycles. The average Bonchev–Trinajstić information content (AvgIpc) is 3.36. The summed E-state index contributed by atoms with van der Waals surface area (Å²) in [6, 6.07) is 3.74. The molecular weight excluding hydrogens is 384 g/mol. The van der Waals surface area contributed by atoms with Crippen LogP contribution in [0.4, 0.5) is 4.79 Å². The Balaban J connectivity index is 1.42. The average molecular weight is 410 g/mol. The van der Waals surface area contributed by atoms with Crippen LogP contribution in [0.3, 0.4) is 0 Å². The maximum Gasteiger partial charge on any atom is 0.410 e. The highest BCUT2D eigenvalue weighted by Gasteiger charge is 2.29. The number of pyridine rings is 1. The van der Waals surface area contributed by atoms with E-state index < -0.39 is 5.60 Å². The van der Waals surface area contributed by atoms with Crippen molar-refractivity contribution in [3.05, 3.63) is 36.7 Å². The number of aryl methyl sites for hydroxylation is 1. The zero-order chi connectivity index (χ0) is 21.3. The second kappa shape index (κ2) is 7.89. The Labute approximate surface area is 175 Å². The van der Waals surface area contributed by atoms with Crippen molar-refractivity contribution in [3.63, 3.8) is 0 Å². The molecule has 3 aromatic rings. The van der Waals surface area contributed by atoms with Crippen molar-refractivity contribution in [3.8, 4) is 22.8 Å². The molecule has 1 aliphatic heterocycles. The fraction of sp³-hybridized carbons (Fsp3) is 0.476. The van der Waals surface area contributed by atoms with Crippen LogP contribution in [0.15, 0.2) is 35.4 Å². The summed E-state index contributed by atoms with van der Waals surface area (Å²) in [7, 11) is 1.92. The van der Waals surface area contributed by atoms with E-state index in [-0.39, 0.29) is 12.0 Å². The number of ether oxygens (including phenoxy) is 1. The van der Waals surface area contributed by atoms with Gasteiger partial charge in [-0.3, -0.25) is 4.98 Å². The van der Waals surface area contributed by atoms with E-state index in [1.807, 2.05) is 50.7 Å². The zero-order valence-corrected chi connectivity index (χ0v) is 17.7. The Hall–Kier alpha value is -3.23. The molecule has 4 rings (SSSR count). The van der Waals surface area contributed by atoms with Crippen LogP contribution in [0.2, 0.25) is 0 Å². The minimum Gasteiger partial charge on any atom is -0.444 e. The minimum atomic E-state index is -0.491. The van der Waals surface area contributed by atoms with Gasteiger partial charge in [0.05, 0.1) is 12.0 Å². The topological polar surface area (TPSA) is 99.2 Å². The number of amides is 1. The van der Waals surface area contributed by atoms with E-state index in [2.05, 4.69) is 20.1 Å². The SMILES string of the molecule is Cn1cnc(-c2cc(-c3nc(C4CCN(C(=O)OC(C)(C)C)CC4)no3)ccn2)c1. The Bertz CT molecular complexity index is 1030. The summed E-state index contributed by atoms with van der Waals surface area (Å²) in [5, 5.41) is 4.19. The van der Waals surface area contributed by atoms with E-state index in [0.29, 0.717) is 24.8 Å². The Morgan fingerprint density at radius 2 is 1.97 bits per heavy atom. The molecule has 0 atom stereocenters. The van der Waals surface area contributed by atoms with Crippen LogP contribution < -0.4 is 0 Å². The molecule has 4 heterocycles. The summed E-state index contributed by atoms with van der Waals surface area (Å²) in [4.78, 5) is 27.3. The second-order valence-corrected chi connectivity index (χ2v) is 8.55. The maximum atomic E-state index is 12.2. The molecule has 30 heavy (non-hydrogen) atoms. The van der Waals surface area contributed by atoms with Crippen LogP contribution in [0.1, 0.15) is 45.4 Å². The van der Waals surface area contributed by atoms with Crippen LogP contribution in [-0.4, -0.2) is 54.4 Å². The van der Waals surface area contributed by atoms with Gasteiger partial charge in [0, 0.05) is 44.0 Å². The van der Waals surface area contributed by atoms with Gasteiger partial charge in [-0.25, -0.2) is 9.78 Å². The largest absolute Gasteiger partial charge is 0.444 e. The van der Waals surface area contributed by atoms with Crippen LogP contribution in [0, 0.1) is 0 Å². The number of likely N-dealkylation sites (tertiary alicyclic amines) is 1. The van der Waals surface area contributed by atoms with Crippen molar-refractivity contribution in [2.24, 2.45) is 7.05 Å². The molecule has 9 nitrogen and oxygen atoms in total. The molecule has 1 saturated heterocycles. The normalized spacial score (nSPS) is 15.4. The van der Waals surface area contributed by atoms with Crippen LogP contribution in [-0.2, 0) is 11.8 Å². The van der Waals surface area contributed by atoms with E-state index in [4.69, 9.17) is 9.26 Å². The van der Waals surface area contributed by atoms with Gasteiger partial charge < -0.3 is 18.7 Å². The molecule has 0 aliphatic carbocycles. The number of hydrogen-bond acceptors (Lipinski definition) is 7. The Morgan fingerprint density at radius 3 is 2.63 bits per heavy atom. The third kappa shape index (κ3) is 4.50. The molecule has 1 amide bonds. The number of carbonyl (C=O) groups excluding carboxylic acids is 1. The Kier molecular flexibility index (Phi) is 5.27. The third-order valence-electron chi connectivity index (χ3n) is 4.93. The maximum absolute atomic E-state index is 12.2. The summed E-state index contributed by atoms with van der Waals surface area (Å²) in [5.41, 5.74) is 1.84. The van der Waals surface area contributed by atoms with E-state index in [9.17, 15) is 4.79 Å². The standard InChI is InChI=1S/C21H26N6O3/c1-21(2,3)29-20(28)27-9-6-14(7-10-27)18-24-19(30-25-18)15-5-8-22-16(11-15)17-12-26(4)13-23-17/h5,8,11-14H,6-7,9-10H2,1-4H3. The van der Waals surface area contributed by atoms with Gasteiger partial charge in [0.15, 0.2) is 5.82 Å². The lowest BCUT2D eigenvalue weighted by atomic mass is 9.96. The van der Waals surface area contributed by atoms with E-state index in [1.165, 1.54) is 0 Å². The van der Waals surface area contributed by atoms with Crippen LogP contribution >= 0.6 is 0 Å². The number of nitrogens with zero attached hydrogens (tertiary/aromatic N) is 6. The smallest absolute Gasteiger partial charge is 0.410 e. The monoisotopic (exact) mass is 410 g/mol. The highest BCUT2D eigenvalue weighted by molar-refractivity contribution is 5.68. The van der Waals surface area contributed by atoms with Gasteiger partial charge in [-0.15, -0.1) is 0 Å². The predicted molar refractivity (Wildman–Crippen MR) is 110 cm³/mol. The lowest BCUT2D eigenvalue weighted by Crippen LogP contribution is -2.41. The molecule has 0 unspecified atom stereocenters. The van der Waals surface area contributed by atoms with Crippen molar-refractivity contribution in [1.29, 1.82) is 0 Å². The van der Waals surface area contributed by atoms with Crippen molar-refractivity contribution in [1.82, 2.24) is 29.6 Å². The number of piperidine rings is 1. The molecule has 158 valence electrons. The van der Waals surface area contributed by atoms with Crippen molar-refractivity contribution in [2.75, 3.05) is 13.1 Å². The highest BCUT2D eigenvalue weighted by Crippen LogP contribution is 2.29. The van der Waals surface area contributed by atoms with Gasteiger partial charge >= 0.3 is 6.09 Å². The summed E-state index contributed by atoms with van der Waals surface area (Å²) >= 11 is 0. The number of aromatic nitrogens is 5. The summed E-state index contributed by atoms with van der Waals surface area (Å²) < 4.78 is 12.8. The molecule has 0 aromatic carbocycles. The molecular formula is C21H26N6O3. The van der Waals surface area contributed by atoms with Gasteiger partial charge in [-0.05, 0) is 45.7 Å². The van der Waals surface area contributed by atoms with E-state index in [1.54, 1.807) is 17.4 Å². The third-order valence-corrected chi connectivity index (χ3v) is 4.93. The molecule has 9 heteroatoms. The van der Waals surface area contributed by atoms with Crippen LogP contribution in [0.5, 0.6) is 0 Å². The molecule has 0 radical (unpaired) electrons. The highest BCUT2D eigenvalue weighted by atomic mass is 16.6. The molecule has 0 bridgehead atoms. The first-order valence-corrected chi connectivity index (χ1v) is 10.0. The number of hydrogen-bond donors (Lipinski definition) is 0. The van der Waals surface area contributed by atoms with Gasteiger partial charge in [0.2, 0.25) is 0 Å². The van der Waals surface area contributed by atoms with Crippen molar-refractivity contribution >= 4 is 6.09 Å². The first-order valence-electron chi connectivity index (χ1n) is 10.0. The predicted octanol–water partition coefficient (Wildman–Crippen LogP) is 3.65. The minimum absolute atomic E-state index is 0.151. The first-order chi connectivity index (χ1) is 14.3. The summed E-state index contributed by atoms with van der Waals surface area (Å²) in [6.45, 7) is 6.84. The molecule has 0 saturated carbocycles. The molecule has 1 aliphatic rings. The number of imidazole rings is 1. The second-order valence-electron chi connectivity index (χ2n) is 8.55. The fourth-order valence-electron chi connectivity index (χ4n) is 3.41. The van der Waals surface area contributed by atoms with Gasteiger partial charge in [-0.1, -0.05) is 5.16 Å².